The lowest BCUT2D eigenvalue weighted by Gasteiger charge is -2.24. The third-order valence-electron chi connectivity index (χ3n) is 5.62. The van der Waals surface area contributed by atoms with Crippen molar-refractivity contribution in [3.05, 3.63) is 53.7 Å². The van der Waals surface area contributed by atoms with Crippen LogP contribution in [0.1, 0.15) is 36.8 Å². The summed E-state index contributed by atoms with van der Waals surface area (Å²) in [6.45, 7) is 0.824. The van der Waals surface area contributed by atoms with Gasteiger partial charge in [0, 0.05) is 29.3 Å². The molecule has 1 aromatic carbocycles. The SMILES string of the molecule is c1ccc(-c2csc3nc(C4CC4)nc(NC4CCc5ncnn5C4)c23)cc1. The summed E-state index contributed by atoms with van der Waals surface area (Å²) in [6.07, 6.45) is 6.03. The van der Waals surface area contributed by atoms with Crippen molar-refractivity contribution in [2.45, 2.75) is 44.2 Å². The van der Waals surface area contributed by atoms with Crippen molar-refractivity contribution in [1.29, 1.82) is 0 Å². The Morgan fingerprint density at radius 2 is 1.96 bits per heavy atom. The van der Waals surface area contributed by atoms with E-state index in [4.69, 9.17) is 9.97 Å². The first kappa shape index (κ1) is 16.2. The molecular weight excluding hydrogens is 368 g/mol. The number of aryl methyl sites for hydroxylation is 1. The Kier molecular flexibility index (Phi) is 3.68. The first-order valence-corrected chi connectivity index (χ1v) is 10.7. The largest absolute Gasteiger partial charge is 0.365 e. The maximum atomic E-state index is 5.00. The molecule has 1 saturated carbocycles. The molecule has 1 unspecified atom stereocenters. The summed E-state index contributed by atoms with van der Waals surface area (Å²) in [5, 5.41) is 11.5. The van der Waals surface area contributed by atoms with Crippen LogP contribution in [0.25, 0.3) is 21.3 Å². The molecule has 0 bridgehead atoms. The van der Waals surface area contributed by atoms with Gasteiger partial charge < -0.3 is 5.32 Å². The summed E-state index contributed by atoms with van der Waals surface area (Å²) in [5.41, 5.74) is 2.42. The quantitative estimate of drug-likeness (QED) is 0.566. The second kappa shape index (κ2) is 6.38. The van der Waals surface area contributed by atoms with E-state index in [-0.39, 0.29) is 0 Å². The van der Waals surface area contributed by atoms with Gasteiger partial charge in [0.25, 0.3) is 0 Å². The molecule has 1 fully saturated rings. The van der Waals surface area contributed by atoms with Gasteiger partial charge in [0.1, 0.15) is 28.6 Å². The third-order valence-corrected chi connectivity index (χ3v) is 6.50. The van der Waals surface area contributed by atoms with Crippen LogP contribution in [-0.2, 0) is 13.0 Å². The highest BCUT2D eigenvalue weighted by Gasteiger charge is 2.29. The van der Waals surface area contributed by atoms with Gasteiger partial charge in [-0.05, 0) is 24.8 Å². The van der Waals surface area contributed by atoms with Crippen LogP contribution in [0.3, 0.4) is 0 Å². The van der Waals surface area contributed by atoms with Crippen LogP contribution in [0.2, 0.25) is 0 Å². The molecule has 0 radical (unpaired) electrons. The van der Waals surface area contributed by atoms with Crippen LogP contribution in [-0.4, -0.2) is 30.8 Å². The molecule has 2 aliphatic rings. The van der Waals surface area contributed by atoms with Gasteiger partial charge in [0.15, 0.2) is 0 Å². The summed E-state index contributed by atoms with van der Waals surface area (Å²) in [4.78, 5) is 15.3. The zero-order valence-corrected chi connectivity index (χ0v) is 16.2. The lowest BCUT2D eigenvalue weighted by molar-refractivity contribution is 0.441. The van der Waals surface area contributed by atoms with Gasteiger partial charge in [0.05, 0.1) is 11.9 Å². The van der Waals surface area contributed by atoms with Crippen LogP contribution in [0.4, 0.5) is 5.82 Å². The van der Waals surface area contributed by atoms with E-state index < -0.39 is 0 Å². The van der Waals surface area contributed by atoms with Gasteiger partial charge in [-0.2, -0.15) is 5.10 Å². The van der Waals surface area contributed by atoms with E-state index >= 15 is 0 Å². The molecule has 7 heteroatoms. The molecule has 140 valence electrons. The minimum Gasteiger partial charge on any atom is -0.365 e. The third kappa shape index (κ3) is 2.77. The number of rotatable bonds is 4. The number of hydrogen-bond donors (Lipinski definition) is 1. The fraction of sp³-hybridized carbons (Fsp3) is 0.333. The van der Waals surface area contributed by atoms with E-state index in [2.05, 4.69) is 51.1 Å². The van der Waals surface area contributed by atoms with Crippen LogP contribution >= 0.6 is 11.3 Å². The molecule has 6 nitrogen and oxygen atoms in total. The van der Waals surface area contributed by atoms with Crippen molar-refractivity contribution in [1.82, 2.24) is 24.7 Å². The highest BCUT2D eigenvalue weighted by Crippen LogP contribution is 2.43. The molecule has 3 aromatic heterocycles. The van der Waals surface area contributed by atoms with E-state index in [1.807, 2.05) is 4.68 Å². The zero-order chi connectivity index (χ0) is 18.5. The van der Waals surface area contributed by atoms with Crippen molar-refractivity contribution in [3.8, 4) is 11.1 Å². The highest BCUT2D eigenvalue weighted by atomic mass is 32.1. The van der Waals surface area contributed by atoms with Gasteiger partial charge in [0.2, 0.25) is 0 Å². The van der Waals surface area contributed by atoms with Crippen molar-refractivity contribution in [3.63, 3.8) is 0 Å². The summed E-state index contributed by atoms with van der Waals surface area (Å²) < 4.78 is 2.01. The van der Waals surface area contributed by atoms with Crippen molar-refractivity contribution in [2.75, 3.05) is 5.32 Å². The number of nitrogens with zero attached hydrogens (tertiary/aromatic N) is 5. The van der Waals surface area contributed by atoms with E-state index in [1.165, 1.54) is 24.0 Å². The van der Waals surface area contributed by atoms with Crippen molar-refractivity contribution in [2.24, 2.45) is 0 Å². The number of nitrogens with one attached hydrogen (secondary N) is 1. The smallest absolute Gasteiger partial charge is 0.139 e. The lowest BCUT2D eigenvalue weighted by atomic mass is 10.0. The highest BCUT2D eigenvalue weighted by molar-refractivity contribution is 7.17. The molecule has 4 heterocycles. The van der Waals surface area contributed by atoms with Crippen LogP contribution in [0.5, 0.6) is 0 Å². The predicted molar refractivity (Wildman–Crippen MR) is 111 cm³/mol. The zero-order valence-electron chi connectivity index (χ0n) is 15.4. The van der Waals surface area contributed by atoms with E-state index in [0.717, 1.165) is 47.1 Å². The van der Waals surface area contributed by atoms with Gasteiger partial charge in [-0.15, -0.1) is 11.3 Å². The molecule has 1 aliphatic heterocycles. The average molecular weight is 389 g/mol. The lowest BCUT2D eigenvalue weighted by Crippen LogP contribution is -2.32. The number of benzene rings is 1. The number of fused-ring (bicyclic) bond motifs is 2. The fourth-order valence-corrected chi connectivity index (χ4v) is 4.92. The topological polar surface area (TPSA) is 68.5 Å². The summed E-state index contributed by atoms with van der Waals surface area (Å²) in [5.74, 6) is 3.57. The Bertz CT molecular complexity index is 1140. The minimum absolute atomic E-state index is 0.294. The van der Waals surface area contributed by atoms with E-state index in [1.54, 1.807) is 17.7 Å². The monoisotopic (exact) mass is 388 g/mol. The Balaban J connectivity index is 1.43. The molecule has 28 heavy (non-hydrogen) atoms. The Labute approximate surface area is 166 Å². The van der Waals surface area contributed by atoms with Crippen LogP contribution in [0.15, 0.2) is 42.0 Å². The minimum atomic E-state index is 0.294. The van der Waals surface area contributed by atoms with Gasteiger partial charge in [-0.25, -0.2) is 19.6 Å². The van der Waals surface area contributed by atoms with E-state index in [0.29, 0.717) is 12.0 Å². The standard InChI is InChI=1S/C21H20N6S/c1-2-4-13(5-3-1)16-11-28-21-18(16)20(25-19(26-21)14-6-7-14)24-15-8-9-17-22-12-23-27(17)10-15/h1-5,11-12,14-15H,6-10H2,(H,24,25,26). The predicted octanol–water partition coefficient (Wildman–Crippen LogP) is 4.25. The first-order chi connectivity index (χ1) is 13.8. The van der Waals surface area contributed by atoms with Crippen LogP contribution in [0, 0.1) is 0 Å². The molecule has 0 amide bonds. The number of hydrogen-bond acceptors (Lipinski definition) is 6. The van der Waals surface area contributed by atoms with Gasteiger partial charge in [-0.1, -0.05) is 30.3 Å². The number of thiophene rings is 1. The Morgan fingerprint density at radius 1 is 1.07 bits per heavy atom. The summed E-state index contributed by atoms with van der Waals surface area (Å²) in [6, 6.07) is 10.8. The Morgan fingerprint density at radius 3 is 2.82 bits per heavy atom. The molecule has 1 N–H and O–H groups in total. The number of aromatic nitrogens is 5. The van der Waals surface area contributed by atoms with Gasteiger partial charge >= 0.3 is 0 Å². The normalized spacial score (nSPS) is 18.9. The molecule has 4 aromatic rings. The molecule has 0 saturated heterocycles. The van der Waals surface area contributed by atoms with Crippen molar-refractivity contribution >= 4 is 27.4 Å². The second-order valence-electron chi connectivity index (χ2n) is 7.64. The molecule has 1 atom stereocenters. The summed E-state index contributed by atoms with van der Waals surface area (Å²) >= 11 is 1.72. The fourth-order valence-electron chi connectivity index (χ4n) is 3.97. The van der Waals surface area contributed by atoms with Crippen LogP contribution < -0.4 is 5.32 Å². The van der Waals surface area contributed by atoms with Gasteiger partial charge in [-0.3, -0.25) is 0 Å². The molecular formula is C21H20N6S. The number of anilines is 1. The molecule has 6 rings (SSSR count). The first-order valence-electron chi connectivity index (χ1n) is 9.83. The molecule has 0 spiro atoms. The Hall–Kier alpha value is -2.80. The second-order valence-corrected chi connectivity index (χ2v) is 8.50. The average Bonchev–Trinajstić information content (AvgIpc) is 3.32. The van der Waals surface area contributed by atoms with E-state index in [9.17, 15) is 0 Å². The maximum Gasteiger partial charge on any atom is 0.139 e. The maximum absolute atomic E-state index is 5.00. The molecule has 1 aliphatic carbocycles. The van der Waals surface area contributed by atoms with Crippen molar-refractivity contribution < 1.29 is 0 Å². The summed E-state index contributed by atoms with van der Waals surface area (Å²) in [7, 11) is 0.